The molecule has 0 bridgehead atoms. The first-order valence-electron chi connectivity index (χ1n) is 8.58. The molecule has 0 saturated carbocycles. The van der Waals surface area contributed by atoms with Crippen molar-refractivity contribution in [3.05, 3.63) is 64.7 Å². The fraction of sp³-hybridized carbons (Fsp3) is 0.190. The molecule has 0 saturated heterocycles. The lowest BCUT2D eigenvalue weighted by Crippen LogP contribution is -2.21. The first kappa shape index (κ1) is 17.8. The molecule has 4 nitrogen and oxygen atoms in total. The number of benzene rings is 1. The second-order valence-electron chi connectivity index (χ2n) is 5.71. The number of nitrogens with zero attached hydrogens (tertiary/aromatic N) is 4. The molecule has 0 atom stereocenters. The molecular weight excluding hydrogens is 340 g/mol. The number of rotatable bonds is 6. The third kappa shape index (κ3) is 3.98. The van der Waals surface area contributed by atoms with Crippen molar-refractivity contribution in [1.29, 1.82) is 5.26 Å². The molecular formula is C21H20N4S. The minimum atomic E-state index is 0.575. The molecule has 3 rings (SSSR count). The van der Waals surface area contributed by atoms with Crippen LogP contribution in [0.5, 0.6) is 0 Å². The molecule has 0 aliphatic rings. The zero-order valence-electron chi connectivity index (χ0n) is 14.9. The van der Waals surface area contributed by atoms with E-state index < -0.39 is 0 Å². The van der Waals surface area contributed by atoms with Gasteiger partial charge >= 0.3 is 0 Å². The summed E-state index contributed by atoms with van der Waals surface area (Å²) in [6.45, 7) is 6.25. The van der Waals surface area contributed by atoms with Gasteiger partial charge in [-0.1, -0.05) is 12.1 Å². The lowest BCUT2D eigenvalue weighted by molar-refractivity contribution is 0.866. The van der Waals surface area contributed by atoms with Crippen molar-refractivity contribution < 1.29 is 0 Å². The number of hydrogen-bond acceptors (Lipinski definition) is 5. The lowest BCUT2D eigenvalue weighted by Gasteiger charge is -2.20. The van der Waals surface area contributed by atoms with Gasteiger partial charge < -0.3 is 4.90 Å². The smallest absolute Gasteiger partial charge is 0.134 e. The van der Waals surface area contributed by atoms with Crippen molar-refractivity contribution in [2.75, 3.05) is 18.0 Å². The quantitative estimate of drug-likeness (QED) is 0.573. The van der Waals surface area contributed by atoms with E-state index in [9.17, 15) is 5.26 Å². The highest BCUT2D eigenvalue weighted by Gasteiger charge is 2.09. The Bertz CT molecular complexity index is 917. The summed E-state index contributed by atoms with van der Waals surface area (Å²) in [5.41, 5.74) is 4.64. The average Bonchev–Trinajstić information content (AvgIpc) is 3.19. The standard InChI is InChI=1S/C21H20N4S/c1-3-25(4-2)19-7-5-16(6-8-19)13-18(14-22)21-24-20(15-26-21)17-9-11-23-12-10-17/h5-13,15H,3-4H2,1-2H3/b18-13-. The van der Waals surface area contributed by atoms with Crippen LogP contribution in [0.4, 0.5) is 5.69 Å². The molecule has 0 unspecified atom stereocenters. The molecule has 5 heteroatoms. The first-order chi connectivity index (χ1) is 12.7. The largest absolute Gasteiger partial charge is 0.372 e. The number of aromatic nitrogens is 2. The van der Waals surface area contributed by atoms with Crippen LogP contribution >= 0.6 is 11.3 Å². The van der Waals surface area contributed by atoms with Crippen molar-refractivity contribution in [3.63, 3.8) is 0 Å². The van der Waals surface area contributed by atoms with E-state index in [1.165, 1.54) is 17.0 Å². The van der Waals surface area contributed by atoms with Gasteiger partial charge in [-0.2, -0.15) is 5.26 Å². The summed E-state index contributed by atoms with van der Waals surface area (Å²) >= 11 is 1.48. The molecule has 2 aromatic heterocycles. The summed E-state index contributed by atoms with van der Waals surface area (Å²) < 4.78 is 0. The maximum Gasteiger partial charge on any atom is 0.134 e. The van der Waals surface area contributed by atoms with E-state index in [0.717, 1.165) is 34.9 Å². The fourth-order valence-electron chi connectivity index (χ4n) is 2.73. The molecule has 2 heterocycles. The average molecular weight is 360 g/mol. The van der Waals surface area contributed by atoms with E-state index in [1.54, 1.807) is 12.4 Å². The number of hydrogen-bond donors (Lipinski definition) is 0. The van der Waals surface area contributed by atoms with E-state index in [2.05, 4.69) is 46.9 Å². The van der Waals surface area contributed by atoms with Crippen molar-refractivity contribution in [2.24, 2.45) is 0 Å². The van der Waals surface area contributed by atoms with Gasteiger partial charge in [-0.15, -0.1) is 11.3 Å². The van der Waals surface area contributed by atoms with E-state index >= 15 is 0 Å². The Morgan fingerprint density at radius 3 is 2.42 bits per heavy atom. The van der Waals surface area contributed by atoms with Crippen LogP contribution in [-0.2, 0) is 0 Å². The normalized spacial score (nSPS) is 11.2. The van der Waals surface area contributed by atoms with Crippen molar-refractivity contribution >= 4 is 28.7 Å². The number of thiazole rings is 1. The van der Waals surface area contributed by atoms with E-state index in [-0.39, 0.29) is 0 Å². The lowest BCUT2D eigenvalue weighted by atomic mass is 10.1. The van der Waals surface area contributed by atoms with Gasteiger partial charge in [0.25, 0.3) is 0 Å². The van der Waals surface area contributed by atoms with Gasteiger partial charge in [-0.3, -0.25) is 4.98 Å². The van der Waals surface area contributed by atoms with Gasteiger partial charge in [0.15, 0.2) is 0 Å². The van der Waals surface area contributed by atoms with E-state index in [0.29, 0.717) is 5.57 Å². The molecule has 0 radical (unpaired) electrons. The van der Waals surface area contributed by atoms with Gasteiger partial charge in [0, 0.05) is 42.1 Å². The highest BCUT2D eigenvalue weighted by molar-refractivity contribution is 7.11. The zero-order chi connectivity index (χ0) is 18.4. The van der Waals surface area contributed by atoms with Crippen LogP contribution in [0.2, 0.25) is 0 Å². The molecule has 0 aliphatic carbocycles. The van der Waals surface area contributed by atoms with Crippen LogP contribution in [0.1, 0.15) is 24.4 Å². The maximum absolute atomic E-state index is 9.57. The van der Waals surface area contributed by atoms with Crippen LogP contribution in [-0.4, -0.2) is 23.1 Å². The topological polar surface area (TPSA) is 52.8 Å². The first-order valence-corrected chi connectivity index (χ1v) is 9.46. The maximum atomic E-state index is 9.57. The molecule has 3 aromatic rings. The van der Waals surface area contributed by atoms with Gasteiger partial charge in [0.1, 0.15) is 11.1 Å². The predicted octanol–water partition coefficient (Wildman–Crippen LogP) is 5.12. The minimum Gasteiger partial charge on any atom is -0.372 e. The molecule has 130 valence electrons. The van der Waals surface area contributed by atoms with Crippen LogP contribution in [0.15, 0.2) is 54.2 Å². The van der Waals surface area contributed by atoms with Crippen molar-refractivity contribution in [3.8, 4) is 17.3 Å². The SMILES string of the molecule is CCN(CC)c1ccc(/C=C(/C#N)c2nc(-c3ccncc3)cs2)cc1. The molecule has 0 spiro atoms. The number of nitriles is 1. The molecule has 1 aromatic carbocycles. The summed E-state index contributed by atoms with van der Waals surface area (Å²) in [4.78, 5) is 10.9. The number of allylic oxidation sites excluding steroid dienone is 1. The van der Waals surface area contributed by atoms with Crippen LogP contribution in [0, 0.1) is 11.3 Å². The molecule has 0 amide bonds. The van der Waals surface area contributed by atoms with Crippen LogP contribution in [0.3, 0.4) is 0 Å². The summed E-state index contributed by atoms with van der Waals surface area (Å²) in [5.74, 6) is 0. The zero-order valence-corrected chi connectivity index (χ0v) is 15.7. The second-order valence-corrected chi connectivity index (χ2v) is 6.57. The highest BCUT2D eigenvalue weighted by atomic mass is 32.1. The minimum absolute atomic E-state index is 0.575. The van der Waals surface area contributed by atoms with Crippen LogP contribution < -0.4 is 4.90 Å². The van der Waals surface area contributed by atoms with Crippen molar-refractivity contribution in [2.45, 2.75) is 13.8 Å². The van der Waals surface area contributed by atoms with Gasteiger partial charge in [-0.25, -0.2) is 4.98 Å². The van der Waals surface area contributed by atoms with Gasteiger partial charge in [0.2, 0.25) is 0 Å². The monoisotopic (exact) mass is 360 g/mol. The highest BCUT2D eigenvalue weighted by Crippen LogP contribution is 2.27. The summed E-state index contributed by atoms with van der Waals surface area (Å²) in [5, 5.41) is 12.3. The summed E-state index contributed by atoms with van der Waals surface area (Å²) in [7, 11) is 0. The Labute approximate surface area is 158 Å². The third-order valence-electron chi connectivity index (χ3n) is 4.16. The Hall–Kier alpha value is -2.97. The predicted molar refractivity (Wildman–Crippen MR) is 109 cm³/mol. The van der Waals surface area contributed by atoms with Gasteiger partial charge in [0.05, 0.1) is 11.3 Å². The van der Waals surface area contributed by atoms with Crippen molar-refractivity contribution in [1.82, 2.24) is 9.97 Å². The third-order valence-corrected chi connectivity index (χ3v) is 5.04. The van der Waals surface area contributed by atoms with Crippen LogP contribution in [0.25, 0.3) is 22.9 Å². The molecule has 0 N–H and O–H groups in total. The second kappa shape index (κ2) is 8.41. The number of anilines is 1. The fourth-order valence-corrected chi connectivity index (χ4v) is 3.53. The molecule has 0 aliphatic heterocycles. The summed E-state index contributed by atoms with van der Waals surface area (Å²) in [6, 6.07) is 14.4. The molecule has 0 fully saturated rings. The Balaban J connectivity index is 1.85. The Morgan fingerprint density at radius 1 is 1.12 bits per heavy atom. The van der Waals surface area contributed by atoms with Gasteiger partial charge in [-0.05, 0) is 49.8 Å². The van der Waals surface area contributed by atoms with E-state index in [1.807, 2.05) is 35.7 Å². The Morgan fingerprint density at radius 2 is 1.81 bits per heavy atom. The van der Waals surface area contributed by atoms with E-state index in [4.69, 9.17) is 0 Å². The summed E-state index contributed by atoms with van der Waals surface area (Å²) in [6.07, 6.45) is 5.38. The number of pyridine rings is 1. The molecule has 26 heavy (non-hydrogen) atoms. The Kier molecular flexibility index (Phi) is 5.77.